The molecule has 1 heterocycles. The van der Waals surface area contributed by atoms with Crippen molar-refractivity contribution < 1.29 is 26.4 Å². The molecule has 1 aromatic heterocycles. The van der Waals surface area contributed by atoms with Crippen LogP contribution < -0.4 is 9.62 Å². The molecule has 7 nitrogen and oxygen atoms in total. The molecule has 0 spiro atoms. The number of carbonyl (C=O) groups excluding carboxylic acids is 1. The Morgan fingerprint density at radius 1 is 1.25 bits per heavy atom. The van der Waals surface area contributed by atoms with Crippen molar-refractivity contribution in [2.45, 2.75) is 29.6 Å². The van der Waals surface area contributed by atoms with Gasteiger partial charge in [-0.1, -0.05) is 36.9 Å². The zero-order chi connectivity index (χ0) is 21.1. The van der Waals surface area contributed by atoms with Crippen LogP contribution in [0.5, 0.6) is 0 Å². The fraction of sp³-hybridized carbons (Fsp3) is 0.400. The number of nitrogens with zero attached hydrogens (tertiary/aromatic N) is 3. The predicted molar refractivity (Wildman–Crippen MR) is 103 cm³/mol. The molecule has 0 unspecified atom stereocenters. The second-order valence-electron chi connectivity index (χ2n) is 5.90. The number of benzene rings is 1. The average molecular weight is 455 g/mol. The second-order valence-corrected chi connectivity index (χ2v) is 10.6. The van der Waals surface area contributed by atoms with Crippen molar-refractivity contribution in [1.82, 2.24) is 10.2 Å². The molecule has 0 radical (unpaired) electrons. The van der Waals surface area contributed by atoms with E-state index in [2.05, 4.69) is 15.5 Å². The van der Waals surface area contributed by atoms with E-state index in [-0.39, 0.29) is 16.1 Å². The normalized spacial score (nSPS) is 12.2. The SMILES string of the molecule is CC(C)Sc1nnc(NC(=O)CN(c2ccc(C(F)(F)F)cc2)S(C)(=O)=O)s1. The first-order chi connectivity index (χ1) is 12.9. The van der Waals surface area contributed by atoms with E-state index in [1.807, 2.05) is 13.8 Å². The molecule has 0 saturated carbocycles. The molecule has 28 heavy (non-hydrogen) atoms. The molecule has 154 valence electrons. The summed E-state index contributed by atoms with van der Waals surface area (Å²) < 4.78 is 63.4. The first-order valence-electron chi connectivity index (χ1n) is 7.81. The summed E-state index contributed by atoms with van der Waals surface area (Å²) in [6.45, 7) is 3.33. The third-order valence-corrected chi connectivity index (χ3v) is 6.23. The Hall–Kier alpha value is -1.86. The molecule has 1 N–H and O–H groups in total. The molecular formula is C15H17F3N4O3S3. The lowest BCUT2D eigenvalue weighted by atomic mass is 10.2. The number of hydrogen-bond acceptors (Lipinski definition) is 7. The van der Waals surface area contributed by atoms with Gasteiger partial charge >= 0.3 is 6.18 Å². The van der Waals surface area contributed by atoms with Gasteiger partial charge in [0.05, 0.1) is 17.5 Å². The highest BCUT2D eigenvalue weighted by atomic mass is 32.2. The highest BCUT2D eigenvalue weighted by Gasteiger charge is 2.31. The Bertz CT molecular complexity index is 928. The Morgan fingerprint density at radius 3 is 2.36 bits per heavy atom. The second kappa shape index (κ2) is 8.66. The minimum absolute atomic E-state index is 0.0565. The van der Waals surface area contributed by atoms with Gasteiger partial charge in [0, 0.05) is 5.25 Å². The number of rotatable bonds is 7. The molecule has 0 fully saturated rings. The quantitative estimate of drug-likeness (QED) is 0.509. The smallest absolute Gasteiger partial charge is 0.299 e. The summed E-state index contributed by atoms with van der Waals surface area (Å²) in [5.74, 6) is -0.692. The summed E-state index contributed by atoms with van der Waals surface area (Å²) in [7, 11) is -3.91. The summed E-state index contributed by atoms with van der Waals surface area (Å²) in [5.41, 5.74) is -0.975. The van der Waals surface area contributed by atoms with Crippen LogP contribution in [-0.2, 0) is 21.0 Å². The minimum Gasteiger partial charge on any atom is -0.299 e. The number of halogens is 3. The highest BCUT2D eigenvalue weighted by Crippen LogP contribution is 2.31. The van der Waals surface area contributed by atoms with Gasteiger partial charge in [0.25, 0.3) is 0 Å². The lowest BCUT2D eigenvalue weighted by molar-refractivity contribution is -0.137. The fourth-order valence-corrected chi connectivity index (χ4v) is 4.86. The zero-order valence-electron chi connectivity index (χ0n) is 15.0. The van der Waals surface area contributed by atoms with Gasteiger partial charge in [-0.05, 0) is 24.3 Å². The molecular weight excluding hydrogens is 437 g/mol. The molecule has 1 amide bonds. The summed E-state index contributed by atoms with van der Waals surface area (Å²) in [5, 5.41) is 10.6. The average Bonchev–Trinajstić information content (AvgIpc) is 2.97. The van der Waals surface area contributed by atoms with Gasteiger partial charge in [0.2, 0.25) is 21.1 Å². The van der Waals surface area contributed by atoms with Crippen molar-refractivity contribution in [3.05, 3.63) is 29.8 Å². The largest absolute Gasteiger partial charge is 0.416 e. The Balaban J connectivity index is 2.14. The molecule has 0 aliphatic rings. The first kappa shape index (κ1) is 22.4. The summed E-state index contributed by atoms with van der Waals surface area (Å²) in [4.78, 5) is 12.2. The highest BCUT2D eigenvalue weighted by molar-refractivity contribution is 8.01. The lowest BCUT2D eigenvalue weighted by Crippen LogP contribution is -2.37. The Morgan fingerprint density at radius 2 is 1.86 bits per heavy atom. The number of carbonyl (C=O) groups is 1. The third-order valence-electron chi connectivity index (χ3n) is 3.16. The third kappa shape index (κ3) is 6.34. The standard InChI is InChI=1S/C15H17F3N4O3S3/c1-9(2)26-14-21-20-13(27-14)19-12(23)8-22(28(3,24)25)11-6-4-10(5-7-11)15(16,17)18/h4-7,9H,8H2,1-3H3,(H,19,20,23). The molecule has 0 aliphatic carbocycles. The number of amides is 1. The Labute approximate surface area is 168 Å². The maximum Gasteiger partial charge on any atom is 0.416 e. The summed E-state index contributed by atoms with van der Waals surface area (Å²) in [6, 6.07) is 3.51. The molecule has 0 saturated heterocycles. The molecule has 2 rings (SSSR count). The maximum absolute atomic E-state index is 12.7. The van der Waals surface area contributed by atoms with Crippen molar-refractivity contribution in [1.29, 1.82) is 0 Å². The predicted octanol–water partition coefficient (Wildman–Crippen LogP) is 3.46. The van der Waals surface area contributed by atoms with Crippen LogP contribution in [0.1, 0.15) is 19.4 Å². The monoisotopic (exact) mass is 454 g/mol. The lowest BCUT2D eigenvalue weighted by Gasteiger charge is -2.22. The van der Waals surface area contributed by atoms with Gasteiger partial charge in [-0.3, -0.25) is 14.4 Å². The van der Waals surface area contributed by atoms with Crippen molar-refractivity contribution in [2.75, 3.05) is 22.4 Å². The number of thioether (sulfide) groups is 1. The van der Waals surface area contributed by atoms with Crippen molar-refractivity contribution in [3.8, 4) is 0 Å². The topological polar surface area (TPSA) is 92.3 Å². The van der Waals surface area contributed by atoms with Crippen LogP contribution >= 0.6 is 23.1 Å². The van der Waals surface area contributed by atoms with Crippen molar-refractivity contribution in [3.63, 3.8) is 0 Å². The van der Waals surface area contributed by atoms with Gasteiger partial charge in [-0.25, -0.2) is 8.42 Å². The zero-order valence-corrected chi connectivity index (χ0v) is 17.5. The molecule has 0 bridgehead atoms. The molecule has 13 heteroatoms. The van der Waals surface area contributed by atoms with E-state index in [9.17, 15) is 26.4 Å². The van der Waals surface area contributed by atoms with Gasteiger partial charge < -0.3 is 0 Å². The van der Waals surface area contributed by atoms with E-state index in [1.54, 1.807) is 0 Å². The van der Waals surface area contributed by atoms with E-state index in [0.717, 1.165) is 41.9 Å². The molecule has 2 aromatic rings. The number of hydrogen-bond donors (Lipinski definition) is 1. The van der Waals surface area contributed by atoms with Gasteiger partial charge in [-0.2, -0.15) is 13.2 Å². The minimum atomic E-state index is -4.55. The van der Waals surface area contributed by atoms with E-state index in [0.29, 0.717) is 8.64 Å². The van der Waals surface area contributed by atoms with Crippen LogP contribution in [0, 0.1) is 0 Å². The van der Waals surface area contributed by atoms with Gasteiger partial charge in [0.1, 0.15) is 6.54 Å². The van der Waals surface area contributed by atoms with Crippen LogP contribution in [0.4, 0.5) is 24.0 Å². The first-order valence-corrected chi connectivity index (χ1v) is 11.4. The van der Waals surface area contributed by atoms with Crippen LogP contribution in [0.2, 0.25) is 0 Å². The van der Waals surface area contributed by atoms with E-state index < -0.39 is 34.2 Å². The van der Waals surface area contributed by atoms with Gasteiger partial charge in [-0.15, -0.1) is 10.2 Å². The van der Waals surface area contributed by atoms with E-state index in [1.165, 1.54) is 11.8 Å². The van der Waals surface area contributed by atoms with Gasteiger partial charge in [0.15, 0.2) is 4.34 Å². The Kier molecular flexibility index (Phi) is 6.93. The van der Waals surface area contributed by atoms with Crippen molar-refractivity contribution >= 4 is 49.8 Å². The van der Waals surface area contributed by atoms with E-state index >= 15 is 0 Å². The molecule has 1 aromatic carbocycles. The van der Waals surface area contributed by atoms with Crippen LogP contribution in [0.3, 0.4) is 0 Å². The number of anilines is 2. The molecule has 0 atom stereocenters. The number of aromatic nitrogens is 2. The number of nitrogens with one attached hydrogen (secondary N) is 1. The van der Waals surface area contributed by atoms with Crippen LogP contribution in [0.25, 0.3) is 0 Å². The summed E-state index contributed by atoms with van der Waals surface area (Å²) in [6.07, 6.45) is -3.68. The number of sulfonamides is 1. The van der Waals surface area contributed by atoms with Crippen LogP contribution in [0.15, 0.2) is 28.6 Å². The van der Waals surface area contributed by atoms with E-state index in [4.69, 9.17) is 0 Å². The summed E-state index contributed by atoms with van der Waals surface area (Å²) >= 11 is 2.60. The maximum atomic E-state index is 12.7. The van der Waals surface area contributed by atoms with Crippen LogP contribution in [-0.4, -0.2) is 42.6 Å². The molecule has 0 aliphatic heterocycles. The van der Waals surface area contributed by atoms with Crippen molar-refractivity contribution in [2.24, 2.45) is 0 Å². The fourth-order valence-electron chi connectivity index (χ4n) is 2.02. The number of alkyl halides is 3.